The number of carbonyl (C=O) groups is 2. The van der Waals surface area contributed by atoms with Crippen molar-refractivity contribution in [2.24, 2.45) is 5.41 Å². The van der Waals surface area contributed by atoms with Crippen molar-refractivity contribution in [2.45, 2.75) is 33.5 Å². The summed E-state index contributed by atoms with van der Waals surface area (Å²) in [6.07, 6.45) is 0.397. The van der Waals surface area contributed by atoms with Gasteiger partial charge in [0.1, 0.15) is 0 Å². The molecule has 0 aliphatic carbocycles. The van der Waals surface area contributed by atoms with Crippen LogP contribution < -0.4 is 0 Å². The zero-order valence-electron chi connectivity index (χ0n) is 17.1. The summed E-state index contributed by atoms with van der Waals surface area (Å²) in [5.74, 6) is 3.28. The van der Waals surface area contributed by atoms with Gasteiger partial charge in [0, 0.05) is 21.1 Å². The van der Waals surface area contributed by atoms with Crippen LogP contribution in [0.25, 0.3) is 0 Å². The maximum Gasteiger partial charge on any atom is 0.324 e. The van der Waals surface area contributed by atoms with Crippen LogP contribution in [0.5, 0.6) is 0 Å². The molecule has 4 heteroatoms. The van der Waals surface area contributed by atoms with Crippen molar-refractivity contribution in [3.8, 4) is 11.8 Å². The summed E-state index contributed by atoms with van der Waals surface area (Å²) in [7, 11) is 2.16. The Labute approximate surface area is 122 Å². The average Bonchev–Trinajstić information content (AvgIpc) is 2.50. The number of esters is 2. The number of rotatable bonds is 5. The Hall–Kier alpha value is -1.98. The minimum atomic E-state index is -2.90. The fourth-order valence-electron chi connectivity index (χ4n) is 1.42. The Balaban J connectivity index is 6.17. The Morgan fingerprint density at radius 2 is 1.84 bits per heavy atom. The zero-order chi connectivity index (χ0) is 19.9. The van der Waals surface area contributed by atoms with Crippen LogP contribution in [-0.2, 0) is 19.1 Å². The highest BCUT2D eigenvalue weighted by Gasteiger charge is 2.47. The molecule has 0 aromatic heterocycles. The lowest BCUT2D eigenvalue weighted by molar-refractivity contribution is -0.168. The third-order valence-electron chi connectivity index (χ3n) is 2.42. The molecule has 0 atom stereocenters. The van der Waals surface area contributed by atoms with Crippen molar-refractivity contribution >= 4 is 11.9 Å². The predicted octanol–water partition coefficient (Wildman–Crippen LogP) is 2.24. The molecule has 0 rings (SSSR count). The summed E-state index contributed by atoms with van der Waals surface area (Å²) in [5, 5.41) is 0. The fraction of sp³-hybridized carbons (Fsp3) is 0.533. The first-order valence-corrected chi connectivity index (χ1v) is 5.39. The lowest BCUT2D eigenvalue weighted by atomic mass is 9.81. The van der Waals surface area contributed by atoms with Crippen molar-refractivity contribution in [3.05, 3.63) is 17.4 Å². The van der Waals surface area contributed by atoms with E-state index in [0.717, 1.165) is 20.3 Å². The van der Waals surface area contributed by atoms with E-state index in [1.807, 2.05) is 0 Å². The maximum atomic E-state index is 12.1. The van der Waals surface area contributed by atoms with Gasteiger partial charge >= 0.3 is 11.9 Å². The van der Waals surface area contributed by atoms with E-state index in [1.165, 1.54) is 6.92 Å². The molecule has 4 nitrogen and oxygen atoms in total. The van der Waals surface area contributed by atoms with Crippen molar-refractivity contribution in [2.75, 3.05) is 14.2 Å². The van der Waals surface area contributed by atoms with Gasteiger partial charge in [0.25, 0.3) is 0 Å². The molecule has 0 spiro atoms. The van der Waals surface area contributed by atoms with E-state index < -0.39 is 36.6 Å². The molecule has 0 heterocycles. The van der Waals surface area contributed by atoms with Gasteiger partial charge in [0.05, 0.1) is 14.2 Å². The van der Waals surface area contributed by atoms with Gasteiger partial charge < -0.3 is 9.47 Å². The van der Waals surface area contributed by atoms with Gasteiger partial charge in [-0.25, -0.2) is 0 Å². The maximum absolute atomic E-state index is 12.1. The molecule has 0 aliphatic heterocycles. The third kappa shape index (κ3) is 4.65. The van der Waals surface area contributed by atoms with Gasteiger partial charge in [-0.1, -0.05) is 0 Å². The van der Waals surface area contributed by atoms with Gasteiger partial charge in [-0.3, -0.25) is 9.59 Å². The summed E-state index contributed by atoms with van der Waals surface area (Å²) in [4.78, 5) is 24.3. The first kappa shape index (κ1) is 9.01. The molecule has 0 aliphatic rings. The molecule has 104 valence electrons. The average molecular weight is 270 g/mol. The smallest absolute Gasteiger partial charge is 0.324 e. The molecule has 0 aromatic rings. The van der Waals surface area contributed by atoms with Crippen LogP contribution in [0.1, 0.15) is 41.7 Å². The first-order valence-electron chi connectivity index (χ1n) is 8.39. The molecule has 0 radical (unpaired) electrons. The Morgan fingerprint density at radius 1 is 1.26 bits per heavy atom. The molecule has 19 heavy (non-hydrogen) atoms. The molecule has 0 aromatic carbocycles. The van der Waals surface area contributed by atoms with Gasteiger partial charge in [-0.2, -0.15) is 0 Å². The highest BCUT2D eigenvalue weighted by Crippen LogP contribution is 2.30. The summed E-state index contributed by atoms with van der Waals surface area (Å²) < 4.78 is 53.0. The van der Waals surface area contributed by atoms with Gasteiger partial charge in [0.15, 0.2) is 5.41 Å². The molecule has 0 unspecified atom stereocenters. The largest absolute Gasteiger partial charge is 0.468 e. The second kappa shape index (κ2) is 8.18. The lowest BCUT2D eigenvalue weighted by Crippen LogP contribution is -2.40. The molecule has 0 amide bonds. The Morgan fingerprint density at radius 3 is 2.26 bits per heavy atom. The van der Waals surface area contributed by atoms with Crippen LogP contribution in [0.4, 0.5) is 0 Å². The normalized spacial score (nSPS) is 15.5. The Kier molecular flexibility index (Phi) is 3.88. The predicted molar refractivity (Wildman–Crippen MR) is 72.1 cm³/mol. The van der Waals surface area contributed by atoms with E-state index in [2.05, 4.69) is 27.0 Å². The van der Waals surface area contributed by atoms with E-state index in [4.69, 9.17) is 8.22 Å². The highest BCUT2D eigenvalue weighted by atomic mass is 16.5. The van der Waals surface area contributed by atoms with Crippen LogP contribution in [0.3, 0.4) is 0 Å². The monoisotopic (exact) mass is 270 g/mol. The van der Waals surface area contributed by atoms with Crippen LogP contribution in [0, 0.1) is 17.3 Å². The van der Waals surface area contributed by atoms with E-state index in [-0.39, 0.29) is 12.8 Å². The fourth-order valence-corrected chi connectivity index (χ4v) is 1.42. The number of hydrogen-bond donors (Lipinski definition) is 0. The highest BCUT2D eigenvalue weighted by molar-refractivity contribution is 6.00. The van der Waals surface area contributed by atoms with E-state index in [9.17, 15) is 9.59 Å². The summed E-state index contributed by atoms with van der Waals surface area (Å²) in [6, 6.07) is 0. The van der Waals surface area contributed by atoms with Crippen molar-refractivity contribution in [1.82, 2.24) is 0 Å². The molecule has 0 saturated heterocycles. The van der Waals surface area contributed by atoms with Crippen LogP contribution in [0.15, 0.2) is 17.4 Å². The van der Waals surface area contributed by atoms with Gasteiger partial charge in [-0.15, -0.1) is 17.6 Å². The van der Waals surface area contributed by atoms with E-state index in [1.54, 1.807) is 0 Å². The van der Waals surface area contributed by atoms with Crippen molar-refractivity contribution in [1.29, 1.82) is 0 Å². The van der Waals surface area contributed by atoms with Crippen molar-refractivity contribution in [3.63, 3.8) is 0 Å². The van der Waals surface area contributed by atoms with Gasteiger partial charge in [0.2, 0.25) is 0 Å². The Bertz CT molecular complexity index is 595. The summed E-state index contributed by atoms with van der Waals surface area (Å²) >= 11 is 0. The number of hydrogen-bond acceptors (Lipinski definition) is 4. The molecular weight excluding hydrogens is 244 g/mol. The number of carbonyl (C=O) groups excluding carboxylic acids is 2. The second-order valence-electron chi connectivity index (χ2n) is 3.60. The van der Waals surface area contributed by atoms with Crippen LogP contribution in [-0.4, -0.2) is 26.2 Å². The molecular formula is C15H20O4. The molecule has 0 fully saturated rings. The lowest BCUT2D eigenvalue weighted by Gasteiger charge is -2.24. The minimum absolute atomic E-state index is 0.238. The number of ether oxygens (including phenoxy) is 2. The number of methoxy groups -OCH3 is 2. The number of allylic oxidation sites excluding steroid dienone is 1. The van der Waals surface area contributed by atoms with Crippen LogP contribution >= 0.6 is 0 Å². The van der Waals surface area contributed by atoms with Crippen molar-refractivity contribution < 1.29 is 27.3 Å². The summed E-state index contributed by atoms with van der Waals surface area (Å²) in [6.45, 7) is -4.29. The first-order chi connectivity index (χ1) is 11.4. The van der Waals surface area contributed by atoms with E-state index in [0.29, 0.717) is 0 Å². The topological polar surface area (TPSA) is 52.6 Å². The zero-order valence-corrected chi connectivity index (χ0v) is 11.1. The third-order valence-corrected chi connectivity index (χ3v) is 2.42. The molecule has 0 saturated carbocycles. The standard InChI is InChI=1S/C15H20O4/c1-6-7-10-15(13(16)18-4,14(17)19-5)11-8-9-12(2)3/h8H,10-11H2,1-5H3/i2D3,3D3. The summed E-state index contributed by atoms with van der Waals surface area (Å²) in [5.41, 5.74) is -0.545. The molecule has 0 bridgehead atoms. The quantitative estimate of drug-likeness (QED) is 0.333. The van der Waals surface area contributed by atoms with E-state index >= 15 is 0 Å². The molecule has 0 N–H and O–H groups in total. The second-order valence-corrected chi connectivity index (χ2v) is 3.60. The van der Waals surface area contributed by atoms with Crippen LogP contribution in [0.2, 0.25) is 0 Å². The van der Waals surface area contributed by atoms with Gasteiger partial charge in [-0.05, 0) is 32.3 Å². The SMILES string of the molecule is [2H]C([2H])([2H])C(=C=CCC(CC#CC)(C(=O)OC)C(=O)OC)C([2H])([2H])[2H]. The minimum Gasteiger partial charge on any atom is -0.468 e.